The van der Waals surface area contributed by atoms with E-state index >= 15 is 0 Å². The van der Waals surface area contributed by atoms with Crippen molar-refractivity contribution < 1.29 is 14.3 Å². The first-order valence-corrected chi connectivity index (χ1v) is 8.27. The van der Waals surface area contributed by atoms with E-state index in [9.17, 15) is 9.59 Å². The molecule has 0 fully saturated rings. The Morgan fingerprint density at radius 2 is 2.04 bits per heavy atom. The van der Waals surface area contributed by atoms with Crippen LogP contribution in [-0.4, -0.2) is 18.5 Å². The maximum Gasteiger partial charge on any atom is 0.331 e. The molecular formula is C18H15BrClNO3. The molecule has 0 saturated heterocycles. The number of aryl methyl sites for hydroxylation is 1. The van der Waals surface area contributed by atoms with Crippen LogP contribution in [0.2, 0.25) is 5.02 Å². The molecule has 0 aromatic heterocycles. The number of carbonyl (C=O) groups excluding carboxylic acids is 2. The molecule has 2 aromatic rings. The maximum absolute atomic E-state index is 11.8. The smallest absolute Gasteiger partial charge is 0.331 e. The zero-order valence-corrected chi connectivity index (χ0v) is 15.2. The van der Waals surface area contributed by atoms with E-state index in [2.05, 4.69) is 21.2 Å². The molecule has 0 radical (unpaired) electrons. The molecule has 2 aromatic carbocycles. The highest BCUT2D eigenvalue weighted by Crippen LogP contribution is 2.22. The van der Waals surface area contributed by atoms with Crippen LogP contribution < -0.4 is 5.32 Å². The first kappa shape index (κ1) is 18.2. The number of benzene rings is 2. The van der Waals surface area contributed by atoms with E-state index in [-0.39, 0.29) is 6.61 Å². The van der Waals surface area contributed by atoms with Gasteiger partial charge in [0.25, 0.3) is 5.91 Å². The first-order valence-electron chi connectivity index (χ1n) is 7.10. The van der Waals surface area contributed by atoms with Gasteiger partial charge in [0.15, 0.2) is 6.61 Å². The summed E-state index contributed by atoms with van der Waals surface area (Å²) in [4.78, 5) is 23.4. The zero-order valence-electron chi connectivity index (χ0n) is 12.9. The lowest BCUT2D eigenvalue weighted by Gasteiger charge is -2.07. The lowest BCUT2D eigenvalue weighted by molar-refractivity contribution is -0.142. The summed E-state index contributed by atoms with van der Waals surface area (Å²) >= 11 is 9.38. The van der Waals surface area contributed by atoms with E-state index in [1.165, 1.54) is 6.08 Å². The van der Waals surface area contributed by atoms with Crippen LogP contribution in [0.25, 0.3) is 6.08 Å². The number of rotatable bonds is 5. The summed E-state index contributed by atoms with van der Waals surface area (Å²) in [6.07, 6.45) is 2.88. The first-order chi connectivity index (χ1) is 11.4. The Labute approximate surface area is 153 Å². The van der Waals surface area contributed by atoms with E-state index in [4.69, 9.17) is 16.3 Å². The SMILES string of the molecule is Cc1ccc(NC(=O)COC(=O)/C=C/c2cccc(Br)c2)c(Cl)c1. The van der Waals surface area contributed by atoms with Crippen LogP contribution in [0.5, 0.6) is 0 Å². The van der Waals surface area contributed by atoms with Gasteiger partial charge in [-0.2, -0.15) is 0 Å². The second-order valence-corrected chi connectivity index (χ2v) is 6.35. The highest BCUT2D eigenvalue weighted by molar-refractivity contribution is 9.10. The standard InChI is InChI=1S/C18H15BrClNO3/c1-12-5-7-16(15(20)9-12)21-17(22)11-24-18(23)8-6-13-3-2-4-14(19)10-13/h2-10H,11H2,1H3,(H,21,22)/b8-6+. The van der Waals surface area contributed by atoms with Crippen LogP contribution >= 0.6 is 27.5 Å². The third-order valence-corrected chi connectivity index (χ3v) is 3.81. The third-order valence-electron chi connectivity index (χ3n) is 3.00. The van der Waals surface area contributed by atoms with Gasteiger partial charge in [0.1, 0.15) is 0 Å². The molecular weight excluding hydrogens is 394 g/mol. The van der Waals surface area contributed by atoms with E-state index in [1.807, 2.05) is 37.3 Å². The number of hydrogen-bond acceptors (Lipinski definition) is 3. The molecule has 24 heavy (non-hydrogen) atoms. The number of nitrogens with one attached hydrogen (secondary N) is 1. The van der Waals surface area contributed by atoms with E-state index < -0.39 is 11.9 Å². The van der Waals surface area contributed by atoms with E-state index in [1.54, 1.807) is 18.2 Å². The zero-order chi connectivity index (χ0) is 17.5. The van der Waals surface area contributed by atoms with Gasteiger partial charge >= 0.3 is 5.97 Å². The minimum Gasteiger partial charge on any atom is -0.452 e. The molecule has 124 valence electrons. The Kier molecular flexibility index (Phi) is 6.58. The fourth-order valence-electron chi connectivity index (χ4n) is 1.87. The van der Waals surface area contributed by atoms with Gasteiger partial charge in [0.05, 0.1) is 10.7 Å². The maximum atomic E-state index is 11.8. The number of amides is 1. The predicted octanol–water partition coefficient (Wildman–Crippen LogP) is 4.61. The summed E-state index contributed by atoms with van der Waals surface area (Å²) in [6, 6.07) is 12.7. The van der Waals surface area contributed by atoms with Gasteiger partial charge in [-0.3, -0.25) is 4.79 Å². The largest absolute Gasteiger partial charge is 0.452 e. The van der Waals surface area contributed by atoms with Crippen LogP contribution in [0, 0.1) is 6.92 Å². The number of ether oxygens (including phenoxy) is 1. The van der Waals surface area contributed by atoms with Gasteiger partial charge in [-0.25, -0.2) is 4.79 Å². The van der Waals surface area contributed by atoms with Crippen LogP contribution in [0.3, 0.4) is 0 Å². The molecule has 0 aliphatic heterocycles. The van der Waals surface area contributed by atoms with Crippen molar-refractivity contribution in [1.29, 1.82) is 0 Å². The molecule has 0 unspecified atom stereocenters. The molecule has 0 aliphatic carbocycles. The Morgan fingerprint density at radius 1 is 1.25 bits per heavy atom. The monoisotopic (exact) mass is 407 g/mol. The molecule has 4 nitrogen and oxygen atoms in total. The van der Waals surface area contributed by atoms with Crippen molar-refractivity contribution in [3.63, 3.8) is 0 Å². The van der Waals surface area contributed by atoms with Crippen LogP contribution in [0.1, 0.15) is 11.1 Å². The second kappa shape index (κ2) is 8.66. The van der Waals surface area contributed by atoms with Gasteiger partial charge in [-0.1, -0.05) is 45.7 Å². The van der Waals surface area contributed by atoms with E-state index in [0.29, 0.717) is 10.7 Å². The number of hydrogen-bond donors (Lipinski definition) is 1. The Morgan fingerprint density at radius 3 is 2.75 bits per heavy atom. The van der Waals surface area contributed by atoms with Crippen molar-refractivity contribution in [2.45, 2.75) is 6.92 Å². The van der Waals surface area contributed by atoms with Crippen LogP contribution in [0.4, 0.5) is 5.69 Å². The van der Waals surface area contributed by atoms with Crippen molar-refractivity contribution in [3.8, 4) is 0 Å². The molecule has 1 N–H and O–H groups in total. The molecule has 0 heterocycles. The fourth-order valence-corrected chi connectivity index (χ4v) is 2.57. The predicted molar refractivity (Wildman–Crippen MR) is 99.0 cm³/mol. The fraction of sp³-hybridized carbons (Fsp3) is 0.111. The van der Waals surface area contributed by atoms with Gasteiger partial charge in [-0.15, -0.1) is 0 Å². The second-order valence-electron chi connectivity index (χ2n) is 5.03. The molecule has 0 saturated carbocycles. The normalized spacial score (nSPS) is 10.6. The Hall–Kier alpha value is -2.11. The van der Waals surface area contributed by atoms with Crippen LogP contribution in [0.15, 0.2) is 53.0 Å². The number of carbonyl (C=O) groups is 2. The Balaban J connectivity index is 1.83. The van der Waals surface area contributed by atoms with Gasteiger partial charge < -0.3 is 10.1 Å². The van der Waals surface area contributed by atoms with E-state index in [0.717, 1.165) is 15.6 Å². The number of anilines is 1. The molecule has 0 aliphatic rings. The summed E-state index contributed by atoms with van der Waals surface area (Å²) in [5, 5.41) is 3.03. The van der Waals surface area contributed by atoms with Gasteiger partial charge in [0, 0.05) is 10.5 Å². The van der Waals surface area contributed by atoms with Gasteiger partial charge in [-0.05, 0) is 48.4 Å². The third kappa shape index (κ3) is 5.83. The number of esters is 1. The lowest BCUT2D eigenvalue weighted by atomic mass is 10.2. The summed E-state index contributed by atoms with van der Waals surface area (Å²) in [5.74, 6) is -1.05. The van der Waals surface area contributed by atoms with Crippen molar-refractivity contribution in [1.82, 2.24) is 0 Å². The van der Waals surface area contributed by atoms with Crippen molar-refractivity contribution in [3.05, 3.63) is 69.2 Å². The van der Waals surface area contributed by atoms with Gasteiger partial charge in [0.2, 0.25) is 0 Å². The lowest BCUT2D eigenvalue weighted by Crippen LogP contribution is -2.20. The Bertz CT molecular complexity index is 790. The number of halogens is 2. The topological polar surface area (TPSA) is 55.4 Å². The molecule has 0 atom stereocenters. The highest BCUT2D eigenvalue weighted by Gasteiger charge is 2.08. The highest BCUT2D eigenvalue weighted by atomic mass is 79.9. The minimum atomic E-state index is -0.597. The van der Waals surface area contributed by atoms with Crippen molar-refractivity contribution in [2.75, 3.05) is 11.9 Å². The van der Waals surface area contributed by atoms with Crippen molar-refractivity contribution >= 4 is 51.2 Å². The summed E-state index contributed by atoms with van der Waals surface area (Å²) in [7, 11) is 0. The quantitative estimate of drug-likeness (QED) is 0.581. The molecule has 0 spiro atoms. The molecule has 6 heteroatoms. The summed E-state index contributed by atoms with van der Waals surface area (Å²) in [6.45, 7) is 1.52. The molecule has 0 bridgehead atoms. The minimum absolute atomic E-state index is 0.383. The average molecular weight is 409 g/mol. The summed E-state index contributed by atoms with van der Waals surface area (Å²) in [5.41, 5.74) is 2.31. The average Bonchev–Trinajstić information content (AvgIpc) is 2.54. The van der Waals surface area contributed by atoms with Crippen molar-refractivity contribution in [2.24, 2.45) is 0 Å². The molecule has 2 rings (SSSR count). The van der Waals surface area contributed by atoms with Crippen LogP contribution in [-0.2, 0) is 14.3 Å². The molecule has 1 amide bonds. The summed E-state index contributed by atoms with van der Waals surface area (Å²) < 4.78 is 5.81.